The molecule has 0 aliphatic carbocycles. The Morgan fingerprint density at radius 3 is 2.85 bits per heavy atom. The third-order valence-electron chi connectivity index (χ3n) is 4.76. The molecule has 0 fully saturated rings. The molecule has 0 radical (unpaired) electrons. The van der Waals surface area contributed by atoms with E-state index in [1.54, 1.807) is 17.5 Å². The Labute approximate surface area is 162 Å². The Kier molecular flexibility index (Phi) is 5.30. The minimum atomic E-state index is 0.0438. The summed E-state index contributed by atoms with van der Waals surface area (Å²) in [6, 6.07) is 16.2. The molecule has 0 saturated carbocycles. The van der Waals surface area contributed by atoms with E-state index in [0.717, 1.165) is 17.6 Å². The molecule has 0 spiro atoms. The summed E-state index contributed by atoms with van der Waals surface area (Å²) in [6.07, 6.45) is 4.98. The number of amides is 1. The van der Waals surface area contributed by atoms with Crippen molar-refractivity contribution in [2.24, 2.45) is 0 Å². The van der Waals surface area contributed by atoms with Crippen LogP contribution in [0.5, 0.6) is 0 Å². The van der Waals surface area contributed by atoms with Crippen molar-refractivity contribution in [2.45, 2.75) is 18.8 Å². The minimum Gasteiger partial charge on any atom is -0.361 e. The fourth-order valence-electron chi connectivity index (χ4n) is 3.40. The van der Waals surface area contributed by atoms with E-state index in [0.29, 0.717) is 13.0 Å². The van der Waals surface area contributed by atoms with Crippen molar-refractivity contribution in [3.8, 4) is 0 Å². The summed E-state index contributed by atoms with van der Waals surface area (Å²) in [5.41, 5.74) is 4.45. The average Bonchev–Trinajstić information content (AvgIpc) is 3.37. The van der Waals surface area contributed by atoms with Crippen LogP contribution in [0.15, 0.2) is 71.7 Å². The highest BCUT2D eigenvalue weighted by Crippen LogP contribution is 2.34. The number of aromatic amines is 1. The zero-order valence-corrected chi connectivity index (χ0v) is 15.7. The van der Waals surface area contributed by atoms with Gasteiger partial charge >= 0.3 is 0 Å². The quantitative estimate of drug-likeness (QED) is 0.499. The molecule has 0 saturated heterocycles. The highest BCUT2D eigenvalue weighted by Gasteiger charge is 2.21. The van der Waals surface area contributed by atoms with Gasteiger partial charge in [0, 0.05) is 54.3 Å². The maximum atomic E-state index is 12.6. The van der Waals surface area contributed by atoms with Crippen LogP contribution in [0.4, 0.5) is 0 Å². The van der Waals surface area contributed by atoms with E-state index in [1.807, 2.05) is 36.5 Å². The zero-order chi connectivity index (χ0) is 18.5. The van der Waals surface area contributed by atoms with Crippen molar-refractivity contribution in [3.05, 3.63) is 88.5 Å². The van der Waals surface area contributed by atoms with E-state index in [2.05, 4.69) is 44.2 Å². The van der Waals surface area contributed by atoms with E-state index in [4.69, 9.17) is 0 Å². The molecular formula is C22H21N3OS. The number of pyridine rings is 1. The first-order valence-electron chi connectivity index (χ1n) is 9.06. The predicted octanol–water partition coefficient (Wildman–Crippen LogP) is 4.51. The first-order valence-corrected chi connectivity index (χ1v) is 10.0. The molecular weight excluding hydrogens is 354 g/mol. The third-order valence-corrected chi connectivity index (χ3v) is 5.46. The number of hydrogen-bond acceptors (Lipinski definition) is 3. The maximum Gasteiger partial charge on any atom is 0.220 e. The second-order valence-corrected chi connectivity index (χ2v) is 7.30. The van der Waals surface area contributed by atoms with Gasteiger partial charge in [-0.25, -0.2) is 0 Å². The Bertz CT molecular complexity index is 1010. The Morgan fingerprint density at radius 1 is 1.15 bits per heavy atom. The van der Waals surface area contributed by atoms with Gasteiger partial charge in [0.05, 0.1) is 0 Å². The van der Waals surface area contributed by atoms with Crippen LogP contribution in [0.2, 0.25) is 0 Å². The molecule has 1 unspecified atom stereocenters. The van der Waals surface area contributed by atoms with E-state index in [1.165, 1.54) is 16.5 Å². The molecule has 1 aromatic carbocycles. The van der Waals surface area contributed by atoms with Crippen LogP contribution in [-0.2, 0) is 11.2 Å². The standard InChI is InChI=1S/C22H21N3OS/c26-22(24-11-8-17-5-3-4-10-23-17)13-19(16-9-12-27-15-16)20-14-25-21-7-2-1-6-18(20)21/h1-7,9-10,12,14-15,19,25H,8,11,13H2,(H,24,26). The summed E-state index contributed by atoms with van der Waals surface area (Å²) in [4.78, 5) is 20.3. The molecule has 3 heterocycles. The largest absolute Gasteiger partial charge is 0.361 e. The number of fused-ring (bicyclic) bond motifs is 1. The zero-order valence-electron chi connectivity index (χ0n) is 14.9. The predicted molar refractivity (Wildman–Crippen MR) is 110 cm³/mol. The molecule has 4 rings (SSSR count). The topological polar surface area (TPSA) is 57.8 Å². The van der Waals surface area contributed by atoms with E-state index >= 15 is 0 Å². The summed E-state index contributed by atoms with van der Waals surface area (Å²) in [5.74, 6) is 0.106. The molecule has 136 valence electrons. The Morgan fingerprint density at radius 2 is 2.04 bits per heavy atom. The SMILES string of the molecule is O=C(CC(c1ccsc1)c1c[nH]c2ccccc12)NCCc1ccccn1. The van der Waals surface area contributed by atoms with Crippen molar-refractivity contribution in [1.29, 1.82) is 0 Å². The number of carbonyl (C=O) groups excluding carboxylic acids is 1. The lowest BCUT2D eigenvalue weighted by molar-refractivity contribution is -0.121. The fraction of sp³-hybridized carbons (Fsp3) is 0.182. The van der Waals surface area contributed by atoms with Crippen LogP contribution in [0, 0.1) is 0 Å². The smallest absolute Gasteiger partial charge is 0.220 e. The van der Waals surface area contributed by atoms with Crippen LogP contribution < -0.4 is 5.32 Å². The maximum absolute atomic E-state index is 12.6. The number of thiophene rings is 1. The number of nitrogens with zero attached hydrogens (tertiary/aromatic N) is 1. The highest BCUT2D eigenvalue weighted by molar-refractivity contribution is 7.08. The van der Waals surface area contributed by atoms with Crippen LogP contribution in [0.25, 0.3) is 10.9 Å². The second kappa shape index (κ2) is 8.18. The van der Waals surface area contributed by atoms with Gasteiger partial charge in [0.15, 0.2) is 0 Å². The normalized spacial score (nSPS) is 12.1. The number of nitrogens with one attached hydrogen (secondary N) is 2. The lowest BCUT2D eigenvalue weighted by Crippen LogP contribution is -2.27. The molecule has 2 N–H and O–H groups in total. The van der Waals surface area contributed by atoms with E-state index < -0.39 is 0 Å². The van der Waals surface area contributed by atoms with Crippen LogP contribution in [-0.4, -0.2) is 22.4 Å². The molecule has 0 bridgehead atoms. The third kappa shape index (κ3) is 4.09. The van der Waals surface area contributed by atoms with Crippen molar-refractivity contribution in [2.75, 3.05) is 6.54 Å². The first kappa shape index (κ1) is 17.5. The van der Waals surface area contributed by atoms with Gasteiger partial charge < -0.3 is 10.3 Å². The van der Waals surface area contributed by atoms with Crippen LogP contribution >= 0.6 is 11.3 Å². The van der Waals surface area contributed by atoms with Gasteiger partial charge in [-0.15, -0.1) is 0 Å². The Balaban J connectivity index is 1.48. The van der Waals surface area contributed by atoms with Gasteiger partial charge in [0.2, 0.25) is 5.91 Å². The van der Waals surface area contributed by atoms with Crippen molar-refractivity contribution in [3.63, 3.8) is 0 Å². The van der Waals surface area contributed by atoms with Gasteiger partial charge in [0.1, 0.15) is 0 Å². The van der Waals surface area contributed by atoms with Crippen LogP contribution in [0.1, 0.15) is 29.2 Å². The summed E-state index contributed by atoms with van der Waals surface area (Å²) in [7, 11) is 0. The first-order chi connectivity index (χ1) is 13.3. The van der Waals surface area contributed by atoms with Crippen molar-refractivity contribution >= 4 is 28.1 Å². The number of aromatic nitrogens is 2. The minimum absolute atomic E-state index is 0.0438. The molecule has 4 nitrogen and oxygen atoms in total. The monoisotopic (exact) mass is 375 g/mol. The van der Waals surface area contributed by atoms with Gasteiger partial charge in [-0.2, -0.15) is 11.3 Å². The molecule has 3 aromatic heterocycles. The van der Waals surface area contributed by atoms with Crippen molar-refractivity contribution in [1.82, 2.24) is 15.3 Å². The van der Waals surface area contributed by atoms with Gasteiger partial charge in [-0.1, -0.05) is 24.3 Å². The average molecular weight is 375 g/mol. The summed E-state index contributed by atoms with van der Waals surface area (Å²) >= 11 is 1.66. The number of rotatable bonds is 7. The molecule has 27 heavy (non-hydrogen) atoms. The molecule has 4 aromatic rings. The lowest BCUT2D eigenvalue weighted by Gasteiger charge is -2.15. The molecule has 1 amide bonds. The molecule has 0 aliphatic rings. The van der Waals surface area contributed by atoms with Gasteiger partial charge in [-0.3, -0.25) is 9.78 Å². The lowest BCUT2D eigenvalue weighted by atomic mass is 9.89. The van der Waals surface area contributed by atoms with E-state index in [-0.39, 0.29) is 11.8 Å². The number of H-pyrrole nitrogens is 1. The van der Waals surface area contributed by atoms with E-state index in [9.17, 15) is 4.79 Å². The Hall–Kier alpha value is -2.92. The van der Waals surface area contributed by atoms with Gasteiger partial charge in [0.25, 0.3) is 0 Å². The van der Waals surface area contributed by atoms with Gasteiger partial charge in [-0.05, 0) is 46.2 Å². The summed E-state index contributed by atoms with van der Waals surface area (Å²) in [6.45, 7) is 0.597. The molecule has 1 atom stereocenters. The second-order valence-electron chi connectivity index (χ2n) is 6.52. The summed E-state index contributed by atoms with van der Waals surface area (Å²) < 4.78 is 0. The number of hydrogen-bond donors (Lipinski definition) is 2. The summed E-state index contributed by atoms with van der Waals surface area (Å²) in [5, 5.41) is 8.42. The molecule has 5 heteroatoms. The molecule has 0 aliphatic heterocycles. The number of carbonyl (C=O) groups is 1. The van der Waals surface area contributed by atoms with Crippen molar-refractivity contribution < 1.29 is 4.79 Å². The number of benzene rings is 1. The fourth-order valence-corrected chi connectivity index (χ4v) is 4.11. The number of para-hydroxylation sites is 1. The van der Waals surface area contributed by atoms with Crippen LogP contribution in [0.3, 0.4) is 0 Å². The highest BCUT2D eigenvalue weighted by atomic mass is 32.1.